The predicted octanol–water partition coefficient (Wildman–Crippen LogP) is 2.59. The quantitative estimate of drug-likeness (QED) is 0.505. The third-order valence-electron chi connectivity index (χ3n) is 1.93. The van der Waals surface area contributed by atoms with E-state index in [0.29, 0.717) is 16.5 Å². The number of rotatable bonds is 4. The molecule has 0 amide bonds. The molecule has 0 saturated heterocycles. The molecular weight excluding hydrogens is 276 g/mol. The van der Waals surface area contributed by atoms with Gasteiger partial charge in [-0.05, 0) is 23.3 Å². The van der Waals surface area contributed by atoms with E-state index in [-0.39, 0.29) is 10.3 Å². The maximum absolute atomic E-state index is 7.19. The minimum atomic E-state index is 0.0788. The third-order valence-corrected chi connectivity index (χ3v) is 3.70. The molecule has 6 N–H and O–H groups in total. The number of hydrogen-bond donors (Lipinski definition) is 4. The van der Waals surface area contributed by atoms with Crippen molar-refractivity contribution in [1.29, 1.82) is 10.8 Å². The highest BCUT2D eigenvalue weighted by Gasteiger charge is 2.06. The fourth-order valence-electron chi connectivity index (χ4n) is 1.18. The predicted molar refractivity (Wildman–Crippen MR) is 77.9 cm³/mol. The van der Waals surface area contributed by atoms with E-state index in [4.69, 9.17) is 33.9 Å². The van der Waals surface area contributed by atoms with E-state index in [1.54, 1.807) is 6.07 Å². The first kappa shape index (κ1) is 14.2. The maximum atomic E-state index is 7.19. The number of amidine groups is 2. The number of nitrogens with one attached hydrogen (secondary N) is 2. The monoisotopic (exact) mass is 288 g/mol. The van der Waals surface area contributed by atoms with Gasteiger partial charge in [0, 0.05) is 16.5 Å². The average Bonchev–Trinajstić information content (AvgIpc) is 2.24. The molecule has 0 aliphatic heterocycles. The molecule has 92 valence electrons. The van der Waals surface area contributed by atoms with Crippen molar-refractivity contribution in [2.45, 2.75) is 11.5 Å². The highest BCUT2D eigenvalue weighted by atomic mass is 35.5. The second-order valence-corrected chi connectivity index (χ2v) is 5.69. The molecule has 0 spiro atoms. The van der Waals surface area contributed by atoms with Crippen LogP contribution in [0.5, 0.6) is 0 Å². The Morgan fingerprint density at radius 1 is 1.06 bits per heavy atom. The Labute approximate surface area is 113 Å². The SMILES string of the molecule is N=C(N)SCc1ccc(Cl)cc1CSC(=N)N. The van der Waals surface area contributed by atoms with Gasteiger partial charge in [-0.2, -0.15) is 0 Å². The van der Waals surface area contributed by atoms with E-state index in [0.717, 1.165) is 11.1 Å². The van der Waals surface area contributed by atoms with Crippen molar-refractivity contribution >= 4 is 45.5 Å². The van der Waals surface area contributed by atoms with Gasteiger partial charge in [-0.15, -0.1) is 0 Å². The summed E-state index contributed by atoms with van der Waals surface area (Å²) in [6, 6.07) is 5.57. The average molecular weight is 289 g/mol. The zero-order valence-electron chi connectivity index (χ0n) is 9.00. The molecule has 1 aromatic carbocycles. The van der Waals surface area contributed by atoms with Crippen LogP contribution in [-0.4, -0.2) is 10.3 Å². The van der Waals surface area contributed by atoms with Crippen LogP contribution in [-0.2, 0) is 11.5 Å². The van der Waals surface area contributed by atoms with Gasteiger partial charge in [0.2, 0.25) is 0 Å². The minimum absolute atomic E-state index is 0.0788. The second-order valence-electron chi connectivity index (χ2n) is 3.22. The number of hydrogen-bond acceptors (Lipinski definition) is 4. The van der Waals surface area contributed by atoms with Crippen molar-refractivity contribution in [3.05, 3.63) is 34.3 Å². The standard InChI is InChI=1S/C10H13ClN4S2/c11-8-2-1-6(4-16-9(12)13)7(3-8)5-17-10(14)15/h1-3H,4-5H2,(H3,12,13)(H3,14,15). The van der Waals surface area contributed by atoms with E-state index in [9.17, 15) is 0 Å². The van der Waals surface area contributed by atoms with Gasteiger partial charge in [0.15, 0.2) is 10.3 Å². The molecule has 0 heterocycles. The second kappa shape index (κ2) is 6.78. The van der Waals surface area contributed by atoms with Gasteiger partial charge in [0.1, 0.15) is 0 Å². The van der Waals surface area contributed by atoms with E-state index in [2.05, 4.69) is 0 Å². The fraction of sp³-hybridized carbons (Fsp3) is 0.200. The van der Waals surface area contributed by atoms with Crippen LogP contribution in [0.2, 0.25) is 5.02 Å². The normalized spacial score (nSPS) is 10.2. The van der Waals surface area contributed by atoms with Crippen LogP contribution in [0.3, 0.4) is 0 Å². The highest BCUT2D eigenvalue weighted by molar-refractivity contribution is 8.13. The van der Waals surface area contributed by atoms with Gasteiger partial charge in [-0.3, -0.25) is 10.8 Å². The summed E-state index contributed by atoms with van der Waals surface area (Å²) in [5.74, 6) is 1.23. The summed E-state index contributed by atoms with van der Waals surface area (Å²) in [7, 11) is 0. The van der Waals surface area contributed by atoms with Crippen LogP contribution in [0.4, 0.5) is 0 Å². The minimum Gasteiger partial charge on any atom is -0.379 e. The molecule has 17 heavy (non-hydrogen) atoms. The smallest absolute Gasteiger partial charge is 0.151 e. The molecule has 0 aromatic heterocycles. The fourth-order valence-corrected chi connectivity index (χ4v) is 2.55. The Bertz CT molecular complexity index is 436. The van der Waals surface area contributed by atoms with Gasteiger partial charge in [0.05, 0.1) is 0 Å². The summed E-state index contributed by atoms with van der Waals surface area (Å²) in [4.78, 5) is 0. The van der Waals surface area contributed by atoms with E-state index >= 15 is 0 Å². The van der Waals surface area contributed by atoms with Crippen molar-refractivity contribution in [2.24, 2.45) is 11.5 Å². The highest BCUT2D eigenvalue weighted by Crippen LogP contribution is 2.24. The molecule has 0 aliphatic carbocycles. The first-order valence-corrected chi connectivity index (χ1v) is 7.05. The Hall–Kier alpha value is -0.850. The summed E-state index contributed by atoms with van der Waals surface area (Å²) in [6.45, 7) is 0. The number of nitrogens with two attached hydrogens (primary N) is 2. The van der Waals surface area contributed by atoms with Crippen molar-refractivity contribution < 1.29 is 0 Å². The molecule has 1 aromatic rings. The van der Waals surface area contributed by atoms with Crippen LogP contribution >= 0.6 is 35.1 Å². The zero-order chi connectivity index (χ0) is 12.8. The van der Waals surface area contributed by atoms with Crippen molar-refractivity contribution in [1.82, 2.24) is 0 Å². The first-order chi connectivity index (χ1) is 7.99. The summed E-state index contributed by atoms with van der Waals surface area (Å²) in [6.07, 6.45) is 0. The Morgan fingerprint density at radius 2 is 1.59 bits per heavy atom. The third kappa shape index (κ3) is 5.34. The largest absolute Gasteiger partial charge is 0.379 e. The van der Waals surface area contributed by atoms with Gasteiger partial charge in [0.25, 0.3) is 0 Å². The molecule has 0 saturated carbocycles. The van der Waals surface area contributed by atoms with Gasteiger partial charge in [-0.1, -0.05) is 41.2 Å². The topological polar surface area (TPSA) is 99.7 Å². The Morgan fingerprint density at radius 3 is 2.12 bits per heavy atom. The number of thioether (sulfide) groups is 2. The lowest BCUT2D eigenvalue weighted by atomic mass is 10.1. The zero-order valence-corrected chi connectivity index (χ0v) is 11.4. The van der Waals surface area contributed by atoms with Crippen LogP contribution in [0.15, 0.2) is 18.2 Å². The lowest BCUT2D eigenvalue weighted by molar-refractivity contribution is 1.29. The van der Waals surface area contributed by atoms with E-state index in [1.807, 2.05) is 12.1 Å². The Kier molecular flexibility index (Phi) is 5.67. The first-order valence-electron chi connectivity index (χ1n) is 4.70. The molecule has 0 aliphatic rings. The summed E-state index contributed by atoms with van der Waals surface area (Å²) >= 11 is 8.44. The number of benzene rings is 1. The molecule has 7 heteroatoms. The Balaban J connectivity index is 2.79. The van der Waals surface area contributed by atoms with Gasteiger partial charge < -0.3 is 11.5 Å². The number of halogens is 1. The lowest BCUT2D eigenvalue weighted by Gasteiger charge is -2.09. The summed E-state index contributed by atoms with van der Waals surface area (Å²) < 4.78 is 0. The molecule has 0 unspecified atom stereocenters. The summed E-state index contributed by atoms with van der Waals surface area (Å²) in [5.41, 5.74) is 12.7. The molecule has 0 radical (unpaired) electrons. The van der Waals surface area contributed by atoms with Crippen molar-refractivity contribution in [3.8, 4) is 0 Å². The molecule has 4 nitrogen and oxygen atoms in total. The molecule has 0 atom stereocenters. The molecule has 0 bridgehead atoms. The van der Waals surface area contributed by atoms with Crippen LogP contribution in [0.25, 0.3) is 0 Å². The van der Waals surface area contributed by atoms with E-state index < -0.39 is 0 Å². The van der Waals surface area contributed by atoms with E-state index in [1.165, 1.54) is 23.5 Å². The lowest BCUT2D eigenvalue weighted by Crippen LogP contribution is -2.06. The maximum Gasteiger partial charge on any atom is 0.151 e. The molecule has 1 rings (SSSR count). The summed E-state index contributed by atoms with van der Waals surface area (Å²) in [5, 5.41) is 15.2. The van der Waals surface area contributed by atoms with Crippen LogP contribution < -0.4 is 11.5 Å². The molecule has 0 fully saturated rings. The van der Waals surface area contributed by atoms with Gasteiger partial charge >= 0.3 is 0 Å². The van der Waals surface area contributed by atoms with Crippen LogP contribution in [0, 0.1) is 10.8 Å². The van der Waals surface area contributed by atoms with Crippen LogP contribution in [0.1, 0.15) is 11.1 Å². The molecular formula is C10H13ClN4S2. The van der Waals surface area contributed by atoms with Gasteiger partial charge in [-0.25, -0.2) is 0 Å². The van der Waals surface area contributed by atoms with Crippen molar-refractivity contribution in [3.63, 3.8) is 0 Å². The van der Waals surface area contributed by atoms with Crippen molar-refractivity contribution in [2.75, 3.05) is 0 Å².